The van der Waals surface area contributed by atoms with E-state index >= 15 is 0 Å². The number of halogens is 4. The van der Waals surface area contributed by atoms with E-state index in [0.29, 0.717) is 10.2 Å². The minimum atomic E-state index is -4.77. The standard InChI is InChI=1S/C14H11BrF3NO2/c15-13-9(4-3-5-10(13)19)8-20-11-6-1-2-7-12(11)21-14(16,17)18/h1-7H,8,19H2. The lowest BCUT2D eigenvalue weighted by Crippen LogP contribution is -2.17. The molecule has 0 amide bonds. The van der Waals surface area contributed by atoms with Gasteiger partial charge in [-0.15, -0.1) is 13.2 Å². The summed E-state index contributed by atoms with van der Waals surface area (Å²) in [6.45, 7) is 0.0594. The normalized spacial score (nSPS) is 11.2. The van der Waals surface area contributed by atoms with Gasteiger partial charge in [-0.1, -0.05) is 24.3 Å². The molecule has 0 aliphatic rings. The molecule has 2 aromatic rings. The molecule has 2 rings (SSSR count). The molecule has 112 valence electrons. The number of para-hydroxylation sites is 2. The zero-order valence-electron chi connectivity index (χ0n) is 10.7. The largest absolute Gasteiger partial charge is 0.573 e. The summed E-state index contributed by atoms with van der Waals surface area (Å²) in [6, 6.07) is 10.8. The monoisotopic (exact) mass is 361 g/mol. The van der Waals surface area contributed by atoms with Crippen LogP contribution in [0.15, 0.2) is 46.9 Å². The van der Waals surface area contributed by atoms with Crippen molar-refractivity contribution < 1.29 is 22.6 Å². The average molecular weight is 362 g/mol. The Hall–Kier alpha value is -1.89. The van der Waals surface area contributed by atoms with E-state index in [9.17, 15) is 13.2 Å². The first-order valence-electron chi connectivity index (χ1n) is 5.87. The van der Waals surface area contributed by atoms with E-state index in [1.54, 1.807) is 24.3 Å². The number of anilines is 1. The molecule has 2 N–H and O–H groups in total. The van der Waals surface area contributed by atoms with Crippen LogP contribution in [0.5, 0.6) is 11.5 Å². The van der Waals surface area contributed by atoms with Crippen molar-refractivity contribution in [2.45, 2.75) is 13.0 Å². The Balaban J connectivity index is 2.15. The van der Waals surface area contributed by atoms with Crippen molar-refractivity contribution in [1.82, 2.24) is 0 Å². The molecule has 0 heterocycles. The van der Waals surface area contributed by atoms with Gasteiger partial charge in [-0.3, -0.25) is 0 Å². The van der Waals surface area contributed by atoms with Crippen molar-refractivity contribution in [2.75, 3.05) is 5.73 Å². The average Bonchev–Trinajstić information content (AvgIpc) is 2.40. The molecule has 0 saturated carbocycles. The van der Waals surface area contributed by atoms with E-state index in [-0.39, 0.29) is 18.1 Å². The van der Waals surface area contributed by atoms with Gasteiger partial charge >= 0.3 is 6.36 Å². The third kappa shape index (κ3) is 4.29. The molecule has 0 spiro atoms. The van der Waals surface area contributed by atoms with Crippen LogP contribution in [0.25, 0.3) is 0 Å². The molecule has 0 aliphatic heterocycles. The summed E-state index contributed by atoms with van der Waals surface area (Å²) in [5.74, 6) is -0.380. The minimum Gasteiger partial charge on any atom is -0.485 e. The van der Waals surface area contributed by atoms with Crippen molar-refractivity contribution in [3.63, 3.8) is 0 Å². The Morgan fingerprint density at radius 3 is 2.33 bits per heavy atom. The van der Waals surface area contributed by atoms with E-state index in [2.05, 4.69) is 20.7 Å². The van der Waals surface area contributed by atoms with Gasteiger partial charge in [0.25, 0.3) is 0 Å². The number of hydrogen-bond acceptors (Lipinski definition) is 3. The van der Waals surface area contributed by atoms with E-state index in [1.165, 1.54) is 18.2 Å². The van der Waals surface area contributed by atoms with Gasteiger partial charge in [-0.05, 0) is 34.1 Å². The highest BCUT2D eigenvalue weighted by Crippen LogP contribution is 2.33. The molecule has 0 aliphatic carbocycles. The smallest absolute Gasteiger partial charge is 0.485 e. The van der Waals surface area contributed by atoms with E-state index in [4.69, 9.17) is 10.5 Å². The summed E-state index contributed by atoms with van der Waals surface area (Å²) in [6.07, 6.45) is -4.77. The van der Waals surface area contributed by atoms with Crippen LogP contribution in [0.3, 0.4) is 0 Å². The number of hydrogen-bond donors (Lipinski definition) is 1. The molecule has 0 atom stereocenters. The third-order valence-electron chi connectivity index (χ3n) is 2.57. The predicted molar refractivity (Wildman–Crippen MR) is 76.0 cm³/mol. The Morgan fingerprint density at radius 2 is 1.67 bits per heavy atom. The Bertz CT molecular complexity index is 632. The number of benzene rings is 2. The fraction of sp³-hybridized carbons (Fsp3) is 0.143. The van der Waals surface area contributed by atoms with Gasteiger partial charge in [0.1, 0.15) is 6.61 Å². The lowest BCUT2D eigenvalue weighted by molar-refractivity contribution is -0.275. The molecule has 2 aromatic carbocycles. The Labute approximate surface area is 127 Å². The number of ether oxygens (including phenoxy) is 2. The highest BCUT2D eigenvalue weighted by atomic mass is 79.9. The van der Waals surface area contributed by atoms with Gasteiger partial charge in [-0.25, -0.2) is 0 Å². The maximum atomic E-state index is 12.3. The molecule has 0 fully saturated rings. The van der Waals surface area contributed by atoms with Gasteiger partial charge in [0.2, 0.25) is 0 Å². The lowest BCUT2D eigenvalue weighted by atomic mass is 10.2. The second-order valence-electron chi connectivity index (χ2n) is 4.10. The molecule has 0 saturated heterocycles. The van der Waals surface area contributed by atoms with Crippen molar-refractivity contribution in [3.8, 4) is 11.5 Å². The summed E-state index contributed by atoms with van der Waals surface area (Å²) >= 11 is 3.30. The fourth-order valence-electron chi connectivity index (χ4n) is 1.65. The maximum Gasteiger partial charge on any atom is 0.573 e. The number of alkyl halides is 3. The summed E-state index contributed by atoms with van der Waals surface area (Å²) in [5, 5.41) is 0. The molecular formula is C14H11BrF3NO2. The van der Waals surface area contributed by atoms with E-state index in [0.717, 1.165) is 5.56 Å². The van der Waals surface area contributed by atoms with Crippen LogP contribution >= 0.6 is 15.9 Å². The molecule has 0 bridgehead atoms. The number of nitrogens with two attached hydrogens (primary N) is 1. The summed E-state index contributed by atoms with van der Waals surface area (Å²) in [7, 11) is 0. The minimum absolute atomic E-state index is 0.00384. The Kier molecular flexibility index (Phi) is 4.62. The molecule has 0 radical (unpaired) electrons. The van der Waals surface area contributed by atoms with Gasteiger partial charge in [0, 0.05) is 15.7 Å². The van der Waals surface area contributed by atoms with E-state index in [1.807, 2.05) is 0 Å². The zero-order chi connectivity index (χ0) is 15.5. The second-order valence-corrected chi connectivity index (χ2v) is 4.90. The first-order valence-corrected chi connectivity index (χ1v) is 6.66. The van der Waals surface area contributed by atoms with Crippen LogP contribution in [0.2, 0.25) is 0 Å². The Morgan fingerprint density at radius 1 is 1.00 bits per heavy atom. The summed E-state index contributed by atoms with van der Waals surface area (Å²) < 4.78 is 46.9. The highest BCUT2D eigenvalue weighted by Gasteiger charge is 2.32. The molecule has 7 heteroatoms. The first-order chi connectivity index (χ1) is 9.87. The fourth-order valence-corrected chi connectivity index (χ4v) is 2.02. The molecule has 0 aromatic heterocycles. The van der Waals surface area contributed by atoms with Crippen molar-refractivity contribution in [2.24, 2.45) is 0 Å². The first kappa shape index (κ1) is 15.5. The van der Waals surface area contributed by atoms with Crippen LogP contribution in [-0.4, -0.2) is 6.36 Å². The molecule has 21 heavy (non-hydrogen) atoms. The number of nitrogen functional groups attached to an aromatic ring is 1. The van der Waals surface area contributed by atoms with Crippen LogP contribution in [0.1, 0.15) is 5.56 Å². The quantitative estimate of drug-likeness (QED) is 0.814. The lowest BCUT2D eigenvalue weighted by Gasteiger charge is -2.14. The van der Waals surface area contributed by atoms with Crippen LogP contribution in [-0.2, 0) is 6.61 Å². The second kappa shape index (κ2) is 6.26. The number of rotatable bonds is 4. The van der Waals surface area contributed by atoms with Gasteiger partial charge in [0.15, 0.2) is 11.5 Å². The molecule has 0 unspecified atom stereocenters. The molecular weight excluding hydrogens is 351 g/mol. The van der Waals surface area contributed by atoms with Crippen LogP contribution < -0.4 is 15.2 Å². The SMILES string of the molecule is Nc1cccc(COc2ccccc2OC(F)(F)F)c1Br. The van der Waals surface area contributed by atoms with Crippen molar-refractivity contribution >= 4 is 21.6 Å². The topological polar surface area (TPSA) is 44.5 Å². The van der Waals surface area contributed by atoms with Gasteiger partial charge < -0.3 is 15.2 Å². The zero-order valence-corrected chi connectivity index (χ0v) is 12.2. The summed E-state index contributed by atoms with van der Waals surface area (Å²) in [5.41, 5.74) is 6.97. The van der Waals surface area contributed by atoms with E-state index < -0.39 is 6.36 Å². The predicted octanol–water partition coefficient (Wildman–Crippen LogP) is 4.51. The van der Waals surface area contributed by atoms with Crippen LogP contribution in [0, 0.1) is 0 Å². The highest BCUT2D eigenvalue weighted by molar-refractivity contribution is 9.10. The van der Waals surface area contributed by atoms with Crippen LogP contribution in [0.4, 0.5) is 18.9 Å². The summed E-state index contributed by atoms with van der Waals surface area (Å²) in [4.78, 5) is 0. The van der Waals surface area contributed by atoms with Crippen molar-refractivity contribution in [3.05, 3.63) is 52.5 Å². The van der Waals surface area contributed by atoms with Crippen molar-refractivity contribution in [1.29, 1.82) is 0 Å². The van der Waals surface area contributed by atoms with Gasteiger partial charge in [-0.2, -0.15) is 0 Å². The van der Waals surface area contributed by atoms with Gasteiger partial charge in [0.05, 0.1) is 0 Å². The maximum absolute atomic E-state index is 12.3. The third-order valence-corrected chi connectivity index (χ3v) is 3.53. The molecule has 3 nitrogen and oxygen atoms in total.